The highest BCUT2D eigenvalue weighted by molar-refractivity contribution is 6.35. The summed E-state index contributed by atoms with van der Waals surface area (Å²) in [5.74, 6) is -0.149. The van der Waals surface area contributed by atoms with Gasteiger partial charge in [-0.05, 0) is 42.0 Å². The maximum Gasteiger partial charge on any atom is 0.276 e. The van der Waals surface area contributed by atoms with Crippen LogP contribution in [0.5, 0.6) is 11.5 Å². The van der Waals surface area contributed by atoms with E-state index in [1.54, 1.807) is 36.4 Å². The van der Waals surface area contributed by atoms with Crippen LogP contribution in [0.1, 0.15) is 15.9 Å². The van der Waals surface area contributed by atoms with Crippen LogP contribution in [0.25, 0.3) is 0 Å². The highest BCUT2D eigenvalue weighted by Gasteiger charge is 2.10. The molecule has 3 aromatic rings. The lowest BCUT2D eigenvalue weighted by Crippen LogP contribution is -2.43. The van der Waals surface area contributed by atoms with Gasteiger partial charge in [0.05, 0.1) is 11.6 Å². The van der Waals surface area contributed by atoms with Crippen molar-refractivity contribution < 1.29 is 19.1 Å². The van der Waals surface area contributed by atoms with Crippen molar-refractivity contribution in [3.8, 4) is 11.5 Å². The van der Waals surface area contributed by atoms with E-state index in [1.807, 2.05) is 30.3 Å². The molecule has 0 unspecified atom stereocenters. The Labute approximate surface area is 190 Å². The van der Waals surface area contributed by atoms with E-state index in [0.29, 0.717) is 28.7 Å². The Hall–Kier alpha value is -3.22. The molecule has 2 N–H and O–H groups in total. The second kappa shape index (κ2) is 11.2. The molecule has 160 valence electrons. The van der Waals surface area contributed by atoms with Crippen LogP contribution in [0, 0.1) is 0 Å². The fraction of sp³-hybridized carbons (Fsp3) is 0.130. The van der Waals surface area contributed by atoms with Gasteiger partial charge in [-0.3, -0.25) is 20.4 Å². The lowest BCUT2D eigenvalue weighted by Gasteiger charge is -2.11. The number of halogens is 2. The predicted molar refractivity (Wildman–Crippen MR) is 120 cm³/mol. The van der Waals surface area contributed by atoms with Crippen molar-refractivity contribution >= 4 is 35.0 Å². The molecule has 0 aliphatic carbocycles. The highest BCUT2D eigenvalue weighted by atomic mass is 35.5. The van der Waals surface area contributed by atoms with E-state index in [4.69, 9.17) is 32.7 Å². The van der Waals surface area contributed by atoms with Crippen molar-refractivity contribution in [3.05, 3.63) is 94.0 Å². The molecule has 2 amide bonds. The molecule has 3 rings (SSSR count). The number of rotatable bonds is 8. The second-order valence-corrected chi connectivity index (χ2v) is 7.32. The molecule has 0 spiro atoms. The zero-order valence-corrected chi connectivity index (χ0v) is 18.0. The lowest BCUT2D eigenvalue weighted by molar-refractivity contribution is -0.123. The number of carbonyl (C=O) groups excluding carboxylic acids is 2. The summed E-state index contributed by atoms with van der Waals surface area (Å²) in [4.78, 5) is 24.2. The van der Waals surface area contributed by atoms with Crippen molar-refractivity contribution in [1.82, 2.24) is 10.9 Å². The molecule has 6 nitrogen and oxygen atoms in total. The van der Waals surface area contributed by atoms with Crippen molar-refractivity contribution in [1.29, 1.82) is 0 Å². The highest BCUT2D eigenvalue weighted by Crippen LogP contribution is 2.27. The van der Waals surface area contributed by atoms with Gasteiger partial charge < -0.3 is 9.47 Å². The fourth-order valence-corrected chi connectivity index (χ4v) is 3.09. The molecular formula is C23H20Cl2N2O4. The first kappa shape index (κ1) is 22.5. The number of hydrogen-bond donors (Lipinski definition) is 2. The van der Waals surface area contributed by atoms with E-state index >= 15 is 0 Å². The predicted octanol–water partition coefficient (Wildman–Crippen LogP) is 4.45. The maximum absolute atomic E-state index is 12.3. The molecule has 0 fully saturated rings. The number of amides is 2. The van der Waals surface area contributed by atoms with Crippen LogP contribution in [-0.2, 0) is 11.2 Å². The van der Waals surface area contributed by atoms with Crippen LogP contribution >= 0.6 is 23.2 Å². The SMILES string of the molecule is O=C(COc1ccc(Cl)cc1Cl)NNC(=O)c1cccc(OCCc2ccccc2)c1. The smallest absolute Gasteiger partial charge is 0.276 e. The Morgan fingerprint density at radius 1 is 0.839 bits per heavy atom. The number of nitrogens with one attached hydrogen (secondary N) is 2. The molecule has 0 saturated carbocycles. The minimum atomic E-state index is -0.547. The van der Waals surface area contributed by atoms with Crippen molar-refractivity contribution in [2.75, 3.05) is 13.2 Å². The molecule has 0 radical (unpaired) electrons. The minimum Gasteiger partial charge on any atom is -0.493 e. The summed E-state index contributed by atoms with van der Waals surface area (Å²) in [5, 5.41) is 0.744. The third-order valence-corrected chi connectivity index (χ3v) is 4.70. The van der Waals surface area contributed by atoms with E-state index in [1.165, 1.54) is 11.6 Å². The van der Waals surface area contributed by atoms with E-state index < -0.39 is 11.8 Å². The van der Waals surface area contributed by atoms with Crippen LogP contribution in [0.2, 0.25) is 10.0 Å². The van der Waals surface area contributed by atoms with Crippen LogP contribution in [0.4, 0.5) is 0 Å². The van der Waals surface area contributed by atoms with Gasteiger partial charge in [0.25, 0.3) is 11.8 Å². The molecule has 0 aliphatic heterocycles. The number of benzene rings is 3. The summed E-state index contributed by atoms with van der Waals surface area (Å²) < 4.78 is 11.0. The average Bonchev–Trinajstić information content (AvgIpc) is 2.78. The van der Waals surface area contributed by atoms with Gasteiger partial charge in [0, 0.05) is 17.0 Å². The number of hydrogen-bond acceptors (Lipinski definition) is 4. The van der Waals surface area contributed by atoms with Gasteiger partial charge in [-0.2, -0.15) is 0 Å². The quantitative estimate of drug-likeness (QED) is 0.488. The Bertz CT molecular complexity index is 1040. The lowest BCUT2D eigenvalue weighted by atomic mass is 10.2. The summed E-state index contributed by atoms with van der Waals surface area (Å²) in [6.45, 7) is 0.153. The first-order valence-electron chi connectivity index (χ1n) is 9.45. The summed E-state index contributed by atoms with van der Waals surface area (Å²) in [6.07, 6.45) is 0.755. The summed E-state index contributed by atoms with van der Waals surface area (Å²) in [7, 11) is 0. The van der Waals surface area contributed by atoms with E-state index in [2.05, 4.69) is 10.9 Å². The molecule has 31 heavy (non-hydrogen) atoms. The van der Waals surface area contributed by atoms with Crippen molar-refractivity contribution in [3.63, 3.8) is 0 Å². The number of carbonyl (C=O) groups is 2. The van der Waals surface area contributed by atoms with Crippen LogP contribution in [-0.4, -0.2) is 25.0 Å². The van der Waals surface area contributed by atoms with Crippen molar-refractivity contribution in [2.24, 2.45) is 0 Å². The molecule has 0 aliphatic rings. The maximum atomic E-state index is 12.3. The summed E-state index contributed by atoms with van der Waals surface area (Å²) in [6, 6.07) is 21.3. The van der Waals surface area contributed by atoms with Gasteiger partial charge in [-0.15, -0.1) is 0 Å². The Kier molecular flexibility index (Phi) is 8.15. The second-order valence-electron chi connectivity index (χ2n) is 6.48. The molecule has 0 aromatic heterocycles. The molecule has 0 bridgehead atoms. The fourth-order valence-electron chi connectivity index (χ4n) is 2.63. The van der Waals surface area contributed by atoms with Gasteiger partial charge in [0.2, 0.25) is 0 Å². The summed E-state index contributed by atoms with van der Waals surface area (Å²) >= 11 is 11.8. The first-order valence-corrected chi connectivity index (χ1v) is 10.2. The minimum absolute atomic E-state index is 0.286. The number of ether oxygens (including phenoxy) is 2. The average molecular weight is 459 g/mol. The topological polar surface area (TPSA) is 76.7 Å². The molecule has 3 aromatic carbocycles. The standard InChI is InChI=1S/C23H20Cl2N2O4/c24-18-9-10-21(20(25)14-18)31-15-22(28)26-27-23(29)17-7-4-8-19(13-17)30-12-11-16-5-2-1-3-6-16/h1-10,13-14H,11-12,15H2,(H,26,28)(H,27,29). The van der Waals surface area contributed by atoms with Crippen LogP contribution < -0.4 is 20.3 Å². The summed E-state index contributed by atoms with van der Waals surface area (Å²) in [5.41, 5.74) is 6.15. The largest absolute Gasteiger partial charge is 0.493 e. The monoisotopic (exact) mass is 458 g/mol. The molecule has 0 saturated heterocycles. The van der Waals surface area contributed by atoms with Gasteiger partial charge in [0.1, 0.15) is 11.5 Å². The zero-order chi connectivity index (χ0) is 22.1. The Morgan fingerprint density at radius 2 is 1.65 bits per heavy atom. The molecular weight excluding hydrogens is 439 g/mol. The van der Waals surface area contributed by atoms with Gasteiger partial charge in [-0.1, -0.05) is 59.6 Å². The van der Waals surface area contributed by atoms with E-state index in [0.717, 1.165) is 6.42 Å². The zero-order valence-electron chi connectivity index (χ0n) is 16.4. The van der Waals surface area contributed by atoms with Crippen LogP contribution in [0.15, 0.2) is 72.8 Å². The van der Waals surface area contributed by atoms with Crippen molar-refractivity contribution in [2.45, 2.75) is 6.42 Å². The van der Waals surface area contributed by atoms with E-state index in [-0.39, 0.29) is 11.6 Å². The third-order valence-electron chi connectivity index (χ3n) is 4.17. The van der Waals surface area contributed by atoms with E-state index in [9.17, 15) is 9.59 Å². The van der Waals surface area contributed by atoms with Crippen LogP contribution in [0.3, 0.4) is 0 Å². The Balaban J connectivity index is 1.44. The molecule has 8 heteroatoms. The molecule has 0 heterocycles. The van der Waals surface area contributed by atoms with Gasteiger partial charge in [-0.25, -0.2) is 0 Å². The molecule has 0 atom stereocenters. The normalized spacial score (nSPS) is 10.3. The van der Waals surface area contributed by atoms with Gasteiger partial charge >= 0.3 is 0 Å². The number of hydrazine groups is 1. The van der Waals surface area contributed by atoms with Gasteiger partial charge in [0.15, 0.2) is 6.61 Å². The Morgan fingerprint density at radius 3 is 2.42 bits per heavy atom. The first-order chi connectivity index (χ1) is 15.0. The third kappa shape index (κ3) is 7.20.